The molecule has 5 heteroatoms. The predicted octanol–water partition coefficient (Wildman–Crippen LogP) is 4.46. The Kier molecular flexibility index (Phi) is 4.24. The van der Waals surface area contributed by atoms with Crippen LogP contribution in [0, 0.1) is 10.1 Å². The normalized spacial score (nSPS) is 16.3. The van der Waals surface area contributed by atoms with Crippen LogP contribution in [0.4, 0.5) is 5.69 Å². The van der Waals surface area contributed by atoms with Crippen LogP contribution in [0.15, 0.2) is 54.6 Å². The minimum atomic E-state index is -0.328. The average Bonchev–Trinajstić information content (AvgIpc) is 3.07. The number of rotatable bonds is 4. The summed E-state index contributed by atoms with van der Waals surface area (Å²) in [6.07, 6.45) is 2.23. The summed E-state index contributed by atoms with van der Waals surface area (Å²) in [5.74, 6) is 0.564. The van der Waals surface area contributed by atoms with Gasteiger partial charge in [0.2, 0.25) is 0 Å². The maximum Gasteiger partial charge on any atom is 0.269 e. The number of nitrogens with one attached hydrogen (secondary N) is 1. The third-order valence-electron chi connectivity index (χ3n) is 5.11. The summed E-state index contributed by atoms with van der Waals surface area (Å²) in [5, 5.41) is 12.2. The van der Waals surface area contributed by atoms with Crippen molar-refractivity contribution in [2.75, 3.05) is 13.1 Å². The van der Waals surface area contributed by atoms with E-state index in [0.717, 1.165) is 38.0 Å². The van der Waals surface area contributed by atoms with E-state index in [4.69, 9.17) is 0 Å². The lowest BCUT2D eigenvalue weighted by molar-refractivity contribution is -0.384. The van der Waals surface area contributed by atoms with E-state index in [1.54, 1.807) is 18.2 Å². The first-order valence-corrected chi connectivity index (χ1v) is 8.72. The highest BCUT2D eigenvalue weighted by atomic mass is 16.6. The van der Waals surface area contributed by atoms with Crippen molar-refractivity contribution in [2.45, 2.75) is 25.3 Å². The van der Waals surface area contributed by atoms with Crippen molar-refractivity contribution in [1.29, 1.82) is 0 Å². The van der Waals surface area contributed by atoms with Crippen LogP contribution in [0.3, 0.4) is 0 Å². The van der Waals surface area contributed by atoms with Gasteiger partial charge < -0.3 is 4.98 Å². The second kappa shape index (κ2) is 6.69. The molecule has 1 N–H and O–H groups in total. The van der Waals surface area contributed by atoms with E-state index in [2.05, 4.69) is 40.2 Å². The third kappa shape index (κ3) is 3.42. The van der Waals surface area contributed by atoms with Gasteiger partial charge in [-0.2, -0.15) is 0 Å². The van der Waals surface area contributed by atoms with Gasteiger partial charge in [0, 0.05) is 35.8 Å². The molecule has 1 aromatic heterocycles. The Bertz CT molecular complexity index is 862. The zero-order valence-electron chi connectivity index (χ0n) is 14.0. The minimum absolute atomic E-state index is 0.172. The van der Waals surface area contributed by atoms with Crippen LogP contribution < -0.4 is 0 Å². The molecular weight excluding hydrogens is 314 g/mol. The number of likely N-dealkylation sites (tertiary alicyclic amines) is 1. The number of non-ortho nitro benzene ring substituents is 1. The van der Waals surface area contributed by atoms with Gasteiger partial charge in [-0.3, -0.25) is 15.0 Å². The Morgan fingerprint density at radius 2 is 1.88 bits per heavy atom. The summed E-state index contributed by atoms with van der Waals surface area (Å²) < 4.78 is 0. The Morgan fingerprint density at radius 1 is 1.08 bits per heavy atom. The molecule has 1 aliphatic rings. The largest absolute Gasteiger partial charge is 0.358 e. The highest BCUT2D eigenvalue weighted by Crippen LogP contribution is 2.30. The monoisotopic (exact) mass is 335 g/mol. The van der Waals surface area contributed by atoms with Crippen LogP contribution in [0.5, 0.6) is 0 Å². The predicted molar refractivity (Wildman–Crippen MR) is 98.6 cm³/mol. The fourth-order valence-corrected chi connectivity index (χ4v) is 3.74. The van der Waals surface area contributed by atoms with E-state index < -0.39 is 0 Å². The van der Waals surface area contributed by atoms with Gasteiger partial charge >= 0.3 is 0 Å². The molecule has 128 valence electrons. The smallest absolute Gasteiger partial charge is 0.269 e. The third-order valence-corrected chi connectivity index (χ3v) is 5.11. The Labute approximate surface area is 146 Å². The first-order valence-electron chi connectivity index (χ1n) is 8.72. The first-order chi connectivity index (χ1) is 12.2. The van der Waals surface area contributed by atoms with Gasteiger partial charge in [-0.1, -0.05) is 30.3 Å². The maximum absolute atomic E-state index is 10.9. The number of piperidine rings is 1. The minimum Gasteiger partial charge on any atom is -0.358 e. The maximum atomic E-state index is 10.9. The summed E-state index contributed by atoms with van der Waals surface area (Å²) in [4.78, 5) is 16.5. The number of H-pyrrole nitrogens is 1. The van der Waals surface area contributed by atoms with E-state index in [1.165, 1.54) is 16.6 Å². The molecule has 0 spiro atoms. The Morgan fingerprint density at radius 3 is 2.64 bits per heavy atom. The van der Waals surface area contributed by atoms with Crippen molar-refractivity contribution in [3.8, 4) is 0 Å². The number of benzene rings is 2. The van der Waals surface area contributed by atoms with Crippen LogP contribution in [0.25, 0.3) is 10.9 Å². The number of para-hydroxylation sites is 1. The van der Waals surface area contributed by atoms with Gasteiger partial charge in [0.1, 0.15) is 0 Å². The lowest BCUT2D eigenvalue weighted by Crippen LogP contribution is -2.32. The standard InChI is InChI=1S/C20H21N3O2/c24-23(25)18-6-3-4-15(12-18)14-22-10-8-16(9-11-22)20-13-17-5-1-2-7-19(17)21-20/h1-7,12-13,16,21H,8-11,14H2. The Balaban J connectivity index is 1.39. The van der Waals surface area contributed by atoms with Gasteiger partial charge in [-0.05, 0) is 49.0 Å². The molecule has 2 aromatic carbocycles. The van der Waals surface area contributed by atoms with Crippen molar-refractivity contribution in [3.63, 3.8) is 0 Å². The van der Waals surface area contributed by atoms with Crippen molar-refractivity contribution in [2.24, 2.45) is 0 Å². The lowest BCUT2D eigenvalue weighted by atomic mass is 9.93. The summed E-state index contributed by atoms with van der Waals surface area (Å²) >= 11 is 0. The lowest BCUT2D eigenvalue weighted by Gasteiger charge is -2.31. The van der Waals surface area contributed by atoms with Crippen LogP contribution in [0.1, 0.15) is 30.0 Å². The number of nitro benzene ring substituents is 1. The van der Waals surface area contributed by atoms with E-state index in [1.807, 2.05) is 6.07 Å². The molecule has 3 aromatic rings. The fraction of sp³-hybridized carbons (Fsp3) is 0.300. The summed E-state index contributed by atoms with van der Waals surface area (Å²) in [6.45, 7) is 2.81. The molecule has 4 rings (SSSR count). The fourth-order valence-electron chi connectivity index (χ4n) is 3.74. The zero-order chi connectivity index (χ0) is 17.2. The molecule has 5 nitrogen and oxygen atoms in total. The number of hydrogen-bond donors (Lipinski definition) is 1. The molecule has 1 aliphatic heterocycles. The average molecular weight is 335 g/mol. The quantitative estimate of drug-likeness (QED) is 0.566. The number of aromatic amines is 1. The number of nitrogens with zero attached hydrogens (tertiary/aromatic N) is 2. The molecule has 0 radical (unpaired) electrons. The highest BCUT2D eigenvalue weighted by Gasteiger charge is 2.22. The zero-order valence-corrected chi connectivity index (χ0v) is 14.0. The number of aromatic nitrogens is 1. The second-order valence-electron chi connectivity index (χ2n) is 6.79. The number of fused-ring (bicyclic) bond motifs is 1. The second-order valence-corrected chi connectivity index (χ2v) is 6.79. The van der Waals surface area contributed by atoms with Crippen molar-refractivity contribution in [3.05, 3.63) is 76.0 Å². The molecule has 1 fully saturated rings. The molecule has 0 bridgehead atoms. The molecule has 0 unspecified atom stereocenters. The van der Waals surface area contributed by atoms with E-state index in [-0.39, 0.29) is 10.6 Å². The molecule has 0 amide bonds. The molecule has 1 saturated heterocycles. The van der Waals surface area contributed by atoms with E-state index in [0.29, 0.717) is 5.92 Å². The van der Waals surface area contributed by atoms with Gasteiger partial charge in [-0.15, -0.1) is 0 Å². The highest BCUT2D eigenvalue weighted by molar-refractivity contribution is 5.80. The SMILES string of the molecule is O=[N+]([O-])c1cccc(CN2CCC(c3cc4ccccc4[nH]3)CC2)c1. The first kappa shape index (κ1) is 15.8. The molecule has 0 atom stereocenters. The van der Waals surface area contributed by atoms with Gasteiger partial charge in [0.05, 0.1) is 4.92 Å². The Hall–Kier alpha value is -2.66. The van der Waals surface area contributed by atoms with Gasteiger partial charge in [0.15, 0.2) is 0 Å². The summed E-state index contributed by atoms with van der Waals surface area (Å²) in [5.41, 5.74) is 3.72. The van der Waals surface area contributed by atoms with E-state index in [9.17, 15) is 10.1 Å². The summed E-state index contributed by atoms with van der Waals surface area (Å²) in [6, 6.07) is 17.6. The molecule has 2 heterocycles. The van der Waals surface area contributed by atoms with Crippen LogP contribution in [-0.4, -0.2) is 27.9 Å². The number of nitro groups is 1. The topological polar surface area (TPSA) is 62.2 Å². The van der Waals surface area contributed by atoms with E-state index >= 15 is 0 Å². The van der Waals surface area contributed by atoms with Gasteiger partial charge in [0.25, 0.3) is 5.69 Å². The van der Waals surface area contributed by atoms with Crippen molar-refractivity contribution < 1.29 is 4.92 Å². The summed E-state index contributed by atoms with van der Waals surface area (Å²) in [7, 11) is 0. The van der Waals surface area contributed by atoms with Gasteiger partial charge in [-0.25, -0.2) is 0 Å². The molecule has 0 aliphatic carbocycles. The van der Waals surface area contributed by atoms with Crippen molar-refractivity contribution in [1.82, 2.24) is 9.88 Å². The number of hydrogen-bond acceptors (Lipinski definition) is 3. The van der Waals surface area contributed by atoms with Crippen molar-refractivity contribution >= 4 is 16.6 Å². The molecular formula is C20H21N3O2. The molecule has 25 heavy (non-hydrogen) atoms. The van der Waals surface area contributed by atoms with Crippen LogP contribution >= 0.6 is 0 Å². The van der Waals surface area contributed by atoms with Crippen LogP contribution in [-0.2, 0) is 6.54 Å². The van der Waals surface area contributed by atoms with Crippen LogP contribution in [0.2, 0.25) is 0 Å². The molecule has 0 saturated carbocycles.